The number of rotatable bonds is 1. The largest absolute Gasteiger partial charge is 0.444 e. The Bertz CT molecular complexity index is 342. The molecule has 2 saturated heterocycles. The highest BCUT2D eigenvalue weighted by molar-refractivity contribution is 14.1. The summed E-state index contributed by atoms with van der Waals surface area (Å²) < 4.78 is 12.3. The Morgan fingerprint density at radius 1 is 1.53 bits per heavy atom. The fourth-order valence-corrected chi connectivity index (χ4v) is 3.53. The molecule has 2 fully saturated rings. The predicted octanol–water partition coefficient (Wildman–Crippen LogP) is 3.23. The normalized spacial score (nSPS) is 31.8. The zero-order chi connectivity index (χ0) is 14.1. The third kappa shape index (κ3) is 3.97. The average Bonchev–Trinajstić information content (AvgIpc) is 2.70. The smallest absolute Gasteiger partial charge is 0.410 e. The summed E-state index contributed by atoms with van der Waals surface area (Å²) in [6, 6.07) is 0. The topological polar surface area (TPSA) is 38.8 Å². The third-order valence-corrected chi connectivity index (χ3v) is 4.75. The van der Waals surface area contributed by atoms with Crippen LogP contribution in [-0.2, 0) is 9.47 Å². The minimum absolute atomic E-state index is 0.172. The molecule has 1 amide bonds. The van der Waals surface area contributed by atoms with Gasteiger partial charge in [0, 0.05) is 22.9 Å². The Hall–Kier alpha value is -0.0400. The Balaban J connectivity index is 1.96. The van der Waals surface area contributed by atoms with Crippen molar-refractivity contribution in [2.24, 2.45) is 5.41 Å². The van der Waals surface area contributed by atoms with Crippen LogP contribution >= 0.6 is 22.6 Å². The Labute approximate surface area is 129 Å². The van der Waals surface area contributed by atoms with E-state index in [1.807, 2.05) is 25.7 Å². The third-order valence-electron chi connectivity index (χ3n) is 3.77. The maximum atomic E-state index is 12.2. The number of nitrogens with zero attached hydrogens (tertiary/aromatic N) is 1. The van der Waals surface area contributed by atoms with Crippen LogP contribution in [0.4, 0.5) is 4.79 Å². The Kier molecular flexibility index (Phi) is 4.65. The van der Waals surface area contributed by atoms with Gasteiger partial charge < -0.3 is 14.4 Å². The van der Waals surface area contributed by atoms with Gasteiger partial charge in [0.1, 0.15) is 5.60 Å². The van der Waals surface area contributed by atoms with Crippen LogP contribution in [0.15, 0.2) is 0 Å². The van der Waals surface area contributed by atoms with Gasteiger partial charge in [-0.2, -0.15) is 0 Å². The van der Waals surface area contributed by atoms with E-state index in [1.54, 1.807) is 0 Å². The molecule has 2 unspecified atom stereocenters. The molecule has 2 aliphatic rings. The van der Waals surface area contributed by atoms with Crippen LogP contribution in [0.1, 0.15) is 40.0 Å². The molecule has 19 heavy (non-hydrogen) atoms. The molecule has 2 rings (SSSR count). The molecule has 0 radical (unpaired) electrons. The van der Waals surface area contributed by atoms with Crippen LogP contribution in [0.25, 0.3) is 0 Å². The van der Waals surface area contributed by atoms with E-state index in [0.717, 1.165) is 37.0 Å². The second kappa shape index (κ2) is 5.76. The molecule has 5 heteroatoms. The Morgan fingerprint density at radius 3 is 2.84 bits per heavy atom. The summed E-state index contributed by atoms with van der Waals surface area (Å²) in [6.45, 7) is 8.13. The number of hydrogen-bond acceptors (Lipinski definition) is 3. The van der Waals surface area contributed by atoms with Crippen LogP contribution in [-0.4, -0.2) is 46.8 Å². The lowest BCUT2D eigenvalue weighted by Gasteiger charge is -2.39. The van der Waals surface area contributed by atoms with Crippen molar-refractivity contribution < 1.29 is 14.3 Å². The van der Waals surface area contributed by atoms with Gasteiger partial charge in [-0.05, 0) is 40.0 Å². The predicted molar refractivity (Wildman–Crippen MR) is 82.7 cm³/mol. The zero-order valence-corrected chi connectivity index (χ0v) is 14.2. The number of likely N-dealkylation sites (tertiary alicyclic amines) is 1. The van der Waals surface area contributed by atoms with Gasteiger partial charge >= 0.3 is 6.09 Å². The van der Waals surface area contributed by atoms with Crippen molar-refractivity contribution in [2.75, 3.05) is 24.1 Å². The summed E-state index contributed by atoms with van der Waals surface area (Å²) in [7, 11) is 0. The number of hydrogen-bond donors (Lipinski definition) is 0. The summed E-state index contributed by atoms with van der Waals surface area (Å²) in [5.41, 5.74) is -0.246. The van der Waals surface area contributed by atoms with Gasteiger partial charge in [0.05, 0.1) is 12.7 Å². The lowest BCUT2D eigenvalue weighted by Crippen LogP contribution is -2.48. The number of amides is 1. The van der Waals surface area contributed by atoms with E-state index in [0.29, 0.717) is 6.10 Å². The molecular weight excluding hydrogens is 357 g/mol. The highest BCUT2D eigenvalue weighted by Gasteiger charge is 2.44. The number of carbonyl (C=O) groups is 1. The minimum atomic E-state index is -0.418. The molecule has 0 bridgehead atoms. The van der Waals surface area contributed by atoms with Gasteiger partial charge in [-0.15, -0.1) is 0 Å². The molecule has 0 aliphatic carbocycles. The van der Waals surface area contributed by atoms with Gasteiger partial charge in [-0.3, -0.25) is 0 Å². The summed E-state index contributed by atoms with van der Waals surface area (Å²) in [5, 5.41) is 0. The fourth-order valence-electron chi connectivity index (χ4n) is 2.97. The molecule has 0 aromatic heterocycles. The van der Waals surface area contributed by atoms with Gasteiger partial charge in [0.2, 0.25) is 0 Å². The standard InChI is InChI=1S/C14H24INO3/c1-13(2,3)19-12(17)16-6-4-5-14(9-16)7-11(8-15)18-10-14/h11H,4-10H2,1-3H3. The zero-order valence-electron chi connectivity index (χ0n) is 12.1. The van der Waals surface area contributed by atoms with Crippen LogP contribution in [0.2, 0.25) is 0 Å². The van der Waals surface area contributed by atoms with Crippen molar-refractivity contribution in [1.82, 2.24) is 4.90 Å². The maximum Gasteiger partial charge on any atom is 0.410 e. The van der Waals surface area contributed by atoms with Gasteiger partial charge in [0.25, 0.3) is 0 Å². The number of carbonyl (C=O) groups excluding carboxylic acids is 1. The van der Waals surface area contributed by atoms with E-state index >= 15 is 0 Å². The first-order chi connectivity index (χ1) is 8.84. The maximum absolute atomic E-state index is 12.2. The number of piperidine rings is 1. The van der Waals surface area contributed by atoms with E-state index in [4.69, 9.17) is 9.47 Å². The highest BCUT2D eigenvalue weighted by Crippen LogP contribution is 2.41. The summed E-state index contributed by atoms with van der Waals surface area (Å²) in [5.74, 6) is 0. The van der Waals surface area contributed by atoms with Gasteiger partial charge in [0.15, 0.2) is 0 Å². The quantitative estimate of drug-likeness (QED) is 0.517. The first kappa shape index (κ1) is 15.4. The van der Waals surface area contributed by atoms with Crippen molar-refractivity contribution in [2.45, 2.75) is 51.7 Å². The monoisotopic (exact) mass is 381 g/mol. The molecule has 2 heterocycles. The average molecular weight is 381 g/mol. The van der Waals surface area contributed by atoms with Crippen LogP contribution in [0.5, 0.6) is 0 Å². The van der Waals surface area contributed by atoms with Gasteiger partial charge in [-0.25, -0.2) is 4.79 Å². The number of alkyl halides is 1. The van der Waals surface area contributed by atoms with E-state index in [1.165, 1.54) is 6.42 Å². The fraction of sp³-hybridized carbons (Fsp3) is 0.929. The molecule has 4 nitrogen and oxygen atoms in total. The molecule has 2 aliphatic heterocycles. The molecular formula is C14H24INO3. The molecule has 2 atom stereocenters. The number of halogens is 1. The number of ether oxygens (including phenoxy) is 2. The van der Waals surface area contributed by atoms with Gasteiger partial charge in [-0.1, -0.05) is 22.6 Å². The van der Waals surface area contributed by atoms with Crippen molar-refractivity contribution in [3.8, 4) is 0 Å². The van der Waals surface area contributed by atoms with E-state index in [2.05, 4.69) is 22.6 Å². The summed E-state index contributed by atoms with van der Waals surface area (Å²) in [6.07, 6.45) is 3.48. The van der Waals surface area contributed by atoms with E-state index in [-0.39, 0.29) is 11.5 Å². The van der Waals surface area contributed by atoms with E-state index in [9.17, 15) is 4.79 Å². The van der Waals surface area contributed by atoms with E-state index < -0.39 is 5.60 Å². The minimum Gasteiger partial charge on any atom is -0.444 e. The van der Waals surface area contributed by atoms with Crippen molar-refractivity contribution in [1.29, 1.82) is 0 Å². The lowest BCUT2D eigenvalue weighted by atomic mass is 9.78. The molecule has 0 aromatic carbocycles. The van der Waals surface area contributed by atoms with Crippen LogP contribution in [0, 0.1) is 5.41 Å². The first-order valence-corrected chi connectivity index (χ1v) is 8.52. The SMILES string of the molecule is CC(C)(C)OC(=O)N1CCCC2(COC(CI)C2)C1. The molecule has 0 saturated carbocycles. The Morgan fingerprint density at radius 2 is 2.26 bits per heavy atom. The molecule has 0 aromatic rings. The molecule has 1 spiro atoms. The second-order valence-electron chi connectivity index (χ2n) is 6.80. The van der Waals surface area contributed by atoms with Crippen molar-refractivity contribution in [3.05, 3.63) is 0 Å². The molecule has 110 valence electrons. The summed E-state index contributed by atoms with van der Waals surface area (Å²) in [4.78, 5) is 14.0. The van der Waals surface area contributed by atoms with Crippen molar-refractivity contribution >= 4 is 28.7 Å². The van der Waals surface area contributed by atoms with Crippen molar-refractivity contribution in [3.63, 3.8) is 0 Å². The highest BCUT2D eigenvalue weighted by atomic mass is 127. The first-order valence-electron chi connectivity index (χ1n) is 6.99. The molecule has 0 N–H and O–H groups in total. The lowest BCUT2D eigenvalue weighted by molar-refractivity contribution is 0.00187. The second-order valence-corrected chi connectivity index (χ2v) is 7.68. The van der Waals surface area contributed by atoms with Crippen LogP contribution in [0.3, 0.4) is 0 Å². The van der Waals surface area contributed by atoms with Crippen LogP contribution < -0.4 is 0 Å². The summed E-state index contributed by atoms with van der Waals surface area (Å²) >= 11 is 2.38.